The minimum Gasteiger partial charge on any atom is -0.507 e. The molecule has 1 atom stereocenters. The highest BCUT2D eigenvalue weighted by Crippen LogP contribution is 2.40. The highest BCUT2D eigenvalue weighted by Gasteiger charge is 2.46. The SMILES string of the molecule is O=C1C(=O)N(CCO)[C@@H](c2cccc([N+](=O)[O-])c2)/C1=C(\O)c1ccc(Br)cc1. The van der Waals surface area contributed by atoms with Crippen LogP contribution in [0.25, 0.3) is 5.76 Å². The standard InChI is InChI=1S/C19H15BrN2O6/c20-13-6-4-11(5-7-13)17(24)15-16(21(8-9-23)19(26)18(15)25)12-2-1-3-14(10-12)22(27)28/h1-7,10,16,23-24H,8-9H2/b17-15+/t16-/m0/s1. The van der Waals surface area contributed by atoms with Crippen molar-refractivity contribution in [2.45, 2.75) is 6.04 Å². The first-order chi connectivity index (χ1) is 13.3. The zero-order valence-electron chi connectivity index (χ0n) is 14.4. The maximum absolute atomic E-state index is 12.6. The summed E-state index contributed by atoms with van der Waals surface area (Å²) in [6.07, 6.45) is 0. The number of ketones is 1. The van der Waals surface area contributed by atoms with Crippen molar-refractivity contribution < 1.29 is 24.7 Å². The van der Waals surface area contributed by atoms with E-state index in [9.17, 15) is 29.9 Å². The molecule has 3 rings (SSSR count). The lowest BCUT2D eigenvalue weighted by molar-refractivity contribution is -0.384. The highest BCUT2D eigenvalue weighted by atomic mass is 79.9. The summed E-state index contributed by atoms with van der Waals surface area (Å²) in [6, 6.07) is 10.9. The number of benzene rings is 2. The molecule has 1 saturated heterocycles. The van der Waals surface area contributed by atoms with Gasteiger partial charge in [0.1, 0.15) is 5.76 Å². The predicted octanol–water partition coefficient (Wildman–Crippen LogP) is 2.77. The molecule has 0 bridgehead atoms. The molecule has 1 aliphatic heterocycles. The Labute approximate surface area is 168 Å². The van der Waals surface area contributed by atoms with E-state index in [0.29, 0.717) is 11.1 Å². The number of hydrogen-bond acceptors (Lipinski definition) is 6. The van der Waals surface area contributed by atoms with E-state index in [0.717, 1.165) is 9.37 Å². The van der Waals surface area contributed by atoms with Gasteiger partial charge >= 0.3 is 0 Å². The Hall–Kier alpha value is -3.04. The summed E-state index contributed by atoms with van der Waals surface area (Å²) in [4.78, 5) is 36.8. The predicted molar refractivity (Wildman–Crippen MR) is 103 cm³/mol. The fourth-order valence-electron chi connectivity index (χ4n) is 3.14. The van der Waals surface area contributed by atoms with Crippen molar-refractivity contribution in [1.29, 1.82) is 0 Å². The molecule has 8 nitrogen and oxygen atoms in total. The zero-order valence-corrected chi connectivity index (χ0v) is 16.0. The number of halogens is 1. The number of nitro benzene ring substituents is 1. The summed E-state index contributed by atoms with van der Waals surface area (Å²) in [5, 5.41) is 31.2. The van der Waals surface area contributed by atoms with Gasteiger partial charge in [-0.25, -0.2) is 0 Å². The van der Waals surface area contributed by atoms with Gasteiger partial charge in [0.15, 0.2) is 0 Å². The van der Waals surface area contributed by atoms with Gasteiger partial charge in [-0.05, 0) is 17.7 Å². The Morgan fingerprint density at radius 1 is 1.18 bits per heavy atom. The van der Waals surface area contributed by atoms with E-state index in [1.54, 1.807) is 24.3 Å². The van der Waals surface area contributed by atoms with E-state index in [4.69, 9.17) is 0 Å². The number of rotatable bonds is 5. The molecule has 0 spiro atoms. The fraction of sp³-hybridized carbons (Fsp3) is 0.158. The van der Waals surface area contributed by atoms with Gasteiger partial charge in [0.25, 0.3) is 17.4 Å². The minimum atomic E-state index is -1.05. The molecule has 0 aromatic heterocycles. The number of non-ortho nitro benzene ring substituents is 1. The first-order valence-corrected chi connectivity index (χ1v) is 9.04. The fourth-order valence-corrected chi connectivity index (χ4v) is 3.40. The lowest BCUT2D eigenvalue weighted by Crippen LogP contribution is -2.32. The van der Waals surface area contributed by atoms with Crippen molar-refractivity contribution >= 4 is 39.1 Å². The number of carbonyl (C=O) groups is 2. The largest absolute Gasteiger partial charge is 0.507 e. The topological polar surface area (TPSA) is 121 Å². The summed E-state index contributed by atoms with van der Waals surface area (Å²) >= 11 is 3.28. The average Bonchev–Trinajstić information content (AvgIpc) is 2.93. The maximum atomic E-state index is 12.6. The first-order valence-electron chi connectivity index (χ1n) is 8.24. The Kier molecular flexibility index (Phi) is 5.57. The number of carbonyl (C=O) groups excluding carboxylic acids is 2. The minimum absolute atomic E-state index is 0.158. The van der Waals surface area contributed by atoms with Crippen LogP contribution in [-0.2, 0) is 9.59 Å². The van der Waals surface area contributed by atoms with Crippen molar-refractivity contribution in [3.63, 3.8) is 0 Å². The molecule has 0 saturated carbocycles. The van der Waals surface area contributed by atoms with E-state index in [1.165, 1.54) is 24.3 Å². The third-order valence-corrected chi connectivity index (χ3v) is 4.92. The number of nitrogens with zero attached hydrogens (tertiary/aromatic N) is 2. The number of nitro groups is 1. The van der Waals surface area contributed by atoms with E-state index in [1.807, 2.05) is 0 Å². The summed E-state index contributed by atoms with van der Waals surface area (Å²) in [7, 11) is 0. The van der Waals surface area contributed by atoms with Crippen molar-refractivity contribution in [3.8, 4) is 0 Å². The lowest BCUT2D eigenvalue weighted by Gasteiger charge is -2.24. The van der Waals surface area contributed by atoms with E-state index in [-0.39, 0.29) is 23.6 Å². The number of β-amino-alcohol motifs (C(OH)–C–C–N with tert-alkyl or cyclic N) is 1. The van der Waals surface area contributed by atoms with E-state index >= 15 is 0 Å². The second-order valence-corrected chi connectivity index (χ2v) is 6.99. The van der Waals surface area contributed by atoms with Gasteiger partial charge in [0.2, 0.25) is 0 Å². The molecule has 9 heteroatoms. The van der Waals surface area contributed by atoms with Crippen LogP contribution in [0.5, 0.6) is 0 Å². The molecule has 2 aromatic carbocycles. The van der Waals surface area contributed by atoms with Crippen LogP contribution in [0, 0.1) is 10.1 Å². The molecule has 1 heterocycles. The molecular formula is C19H15BrN2O6. The molecule has 0 unspecified atom stereocenters. The van der Waals surface area contributed by atoms with Crippen LogP contribution < -0.4 is 0 Å². The monoisotopic (exact) mass is 446 g/mol. The second-order valence-electron chi connectivity index (χ2n) is 6.08. The van der Waals surface area contributed by atoms with Crippen LogP contribution in [0.2, 0.25) is 0 Å². The molecule has 1 amide bonds. The molecule has 144 valence electrons. The Morgan fingerprint density at radius 3 is 2.46 bits per heavy atom. The Morgan fingerprint density at radius 2 is 1.86 bits per heavy atom. The number of aliphatic hydroxyl groups excluding tert-OH is 2. The molecule has 1 aliphatic rings. The molecular weight excluding hydrogens is 432 g/mol. The number of amides is 1. The molecule has 1 fully saturated rings. The van der Waals surface area contributed by atoms with Crippen molar-refractivity contribution in [2.75, 3.05) is 13.2 Å². The van der Waals surface area contributed by atoms with E-state index in [2.05, 4.69) is 15.9 Å². The van der Waals surface area contributed by atoms with Gasteiger partial charge in [-0.1, -0.05) is 40.2 Å². The lowest BCUT2D eigenvalue weighted by atomic mass is 9.95. The van der Waals surface area contributed by atoms with Gasteiger partial charge in [-0.3, -0.25) is 19.7 Å². The zero-order chi connectivity index (χ0) is 20.4. The van der Waals surface area contributed by atoms with Crippen molar-refractivity contribution in [2.24, 2.45) is 0 Å². The van der Waals surface area contributed by atoms with Crippen LogP contribution in [0.1, 0.15) is 17.2 Å². The van der Waals surface area contributed by atoms with Crippen LogP contribution in [-0.4, -0.2) is 44.9 Å². The first kappa shape index (κ1) is 19.7. The van der Waals surface area contributed by atoms with Gasteiger partial charge in [0, 0.05) is 28.7 Å². The van der Waals surface area contributed by atoms with Crippen molar-refractivity contribution in [1.82, 2.24) is 4.90 Å². The van der Waals surface area contributed by atoms with Crippen LogP contribution in [0.4, 0.5) is 5.69 Å². The summed E-state index contributed by atoms with van der Waals surface area (Å²) in [6.45, 7) is -0.564. The summed E-state index contributed by atoms with van der Waals surface area (Å²) in [5.41, 5.74) is 0.220. The quantitative estimate of drug-likeness (QED) is 0.239. The van der Waals surface area contributed by atoms with Crippen LogP contribution in [0.3, 0.4) is 0 Å². The molecule has 0 aliphatic carbocycles. The third-order valence-electron chi connectivity index (χ3n) is 4.40. The smallest absolute Gasteiger partial charge is 0.295 e. The third kappa shape index (κ3) is 3.54. The second kappa shape index (κ2) is 7.91. The van der Waals surface area contributed by atoms with Crippen LogP contribution >= 0.6 is 15.9 Å². The highest BCUT2D eigenvalue weighted by molar-refractivity contribution is 9.10. The van der Waals surface area contributed by atoms with Gasteiger partial charge < -0.3 is 15.1 Å². The number of hydrogen-bond donors (Lipinski definition) is 2. The average molecular weight is 447 g/mol. The van der Waals surface area contributed by atoms with Gasteiger partial charge in [-0.15, -0.1) is 0 Å². The Bertz CT molecular complexity index is 986. The van der Waals surface area contributed by atoms with Gasteiger partial charge in [0.05, 0.1) is 23.1 Å². The molecule has 28 heavy (non-hydrogen) atoms. The van der Waals surface area contributed by atoms with E-state index < -0.39 is 29.3 Å². The maximum Gasteiger partial charge on any atom is 0.295 e. The summed E-state index contributed by atoms with van der Waals surface area (Å²) < 4.78 is 0.764. The van der Waals surface area contributed by atoms with Gasteiger partial charge in [-0.2, -0.15) is 0 Å². The number of aliphatic hydroxyl groups is 2. The van der Waals surface area contributed by atoms with Crippen molar-refractivity contribution in [3.05, 3.63) is 79.8 Å². The molecule has 0 radical (unpaired) electrons. The molecule has 2 N–H and O–H groups in total. The number of Topliss-reactive ketones (excluding diaryl/α,β-unsaturated/α-hetero) is 1. The van der Waals surface area contributed by atoms with Crippen LogP contribution in [0.15, 0.2) is 58.6 Å². The molecule has 2 aromatic rings. The number of likely N-dealkylation sites (tertiary alicyclic amines) is 1. The Balaban J connectivity index is 2.20. The summed E-state index contributed by atoms with van der Waals surface area (Å²) in [5.74, 6) is -2.18. The normalized spacial score (nSPS) is 18.5.